The van der Waals surface area contributed by atoms with Crippen molar-refractivity contribution in [3.05, 3.63) is 42.0 Å². The van der Waals surface area contributed by atoms with E-state index in [4.69, 9.17) is 19.2 Å². The summed E-state index contributed by atoms with van der Waals surface area (Å²) >= 11 is 1.38. The van der Waals surface area contributed by atoms with Crippen LogP contribution in [0.5, 0.6) is 11.5 Å². The Labute approximate surface area is 258 Å². The van der Waals surface area contributed by atoms with E-state index in [2.05, 4.69) is 4.90 Å². The van der Waals surface area contributed by atoms with Crippen molar-refractivity contribution >= 4 is 55.0 Å². The fourth-order valence-corrected chi connectivity index (χ4v) is 7.92. The number of aromatic nitrogens is 1. The highest BCUT2D eigenvalue weighted by atomic mass is 35.5. The summed E-state index contributed by atoms with van der Waals surface area (Å²) in [6.45, 7) is 5.52. The quantitative estimate of drug-likeness (QED) is 0.316. The Morgan fingerprint density at radius 1 is 0.952 bits per heavy atom. The van der Waals surface area contributed by atoms with Crippen LogP contribution in [0.1, 0.15) is 42.5 Å². The molecule has 2 aliphatic heterocycles. The lowest BCUT2D eigenvalue weighted by Crippen LogP contribution is -2.39. The Morgan fingerprint density at radius 2 is 1.60 bits per heavy atom. The first kappa shape index (κ1) is 32.4. The second-order valence-electron chi connectivity index (χ2n) is 10.3. The first-order chi connectivity index (χ1) is 19.9. The maximum Gasteiger partial charge on any atom is 0.260 e. The fraction of sp³-hybridized carbons (Fsp3) is 0.517. The predicted molar refractivity (Wildman–Crippen MR) is 167 cm³/mol. The molecule has 3 heterocycles. The summed E-state index contributed by atoms with van der Waals surface area (Å²) in [4.78, 5) is 23.0. The standard InChI is InChI=1S/C29H38N4O6S2.ClH/c1-37-24-12-13-25(38-2)27-26(24)30-29(40-27)33(17-7-14-31-18-20-39-21-19-31)28(34)22-8-10-23(11-9-22)41(35,36)32-15-5-3-4-6-16-32;/h8-13H,3-7,14-21H2,1-2H3;1H. The summed E-state index contributed by atoms with van der Waals surface area (Å²) in [5.41, 5.74) is 1.04. The summed E-state index contributed by atoms with van der Waals surface area (Å²) < 4.78 is 45.5. The van der Waals surface area contributed by atoms with Crippen LogP contribution in [0.25, 0.3) is 10.2 Å². The van der Waals surface area contributed by atoms with Gasteiger partial charge in [-0.25, -0.2) is 13.4 Å². The van der Waals surface area contributed by atoms with Gasteiger partial charge >= 0.3 is 0 Å². The van der Waals surface area contributed by atoms with Crippen molar-refractivity contribution in [2.45, 2.75) is 37.0 Å². The molecule has 1 amide bonds. The average molecular weight is 639 g/mol. The maximum atomic E-state index is 14.0. The Balaban J connectivity index is 0.00000405. The van der Waals surface area contributed by atoms with E-state index in [1.165, 1.54) is 11.3 Å². The number of carbonyl (C=O) groups excluding carboxylic acids is 1. The number of hydrogen-bond acceptors (Lipinski definition) is 9. The maximum absolute atomic E-state index is 14.0. The van der Waals surface area contributed by atoms with Crippen molar-refractivity contribution in [2.75, 3.05) is 71.6 Å². The van der Waals surface area contributed by atoms with E-state index in [0.717, 1.165) is 56.4 Å². The van der Waals surface area contributed by atoms with Gasteiger partial charge in [-0.2, -0.15) is 4.31 Å². The number of sulfonamides is 1. The molecule has 2 aromatic carbocycles. The molecule has 0 radical (unpaired) electrons. The molecule has 0 saturated carbocycles. The molecular formula is C29H39ClN4O6S2. The largest absolute Gasteiger partial charge is 0.495 e. The predicted octanol–water partition coefficient (Wildman–Crippen LogP) is 4.67. The molecule has 0 spiro atoms. The van der Waals surface area contributed by atoms with E-state index >= 15 is 0 Å². The SMILES string of the molecule is COc1ccc(OC)c2sc(N(CCCN3CCOCC3)C(=O)c3ccc(S(=O)(=O)N4CCCCCC4)cc3)nc12.Cl. The third-order valence-electron chi connectivity index (χ3n) is 7.64. The second kappa shape index (κ2) is 14.8. The molecule has 0 bridgehead atoms. The molecule has 13 heteroatoms. The summed E-state index contributed by atoms with van der Waals surface area (Å²) in [6.07, 6.45) is 4.58. The molecule has 230 valence electrons. The van der Waals surface area contributed by atoms with Crippen molar-refractivity contribution in [3.63, 3.8) is 0 Å². The number of amides is 1. The smallest absolute Gasteiger partial charge is 0.260 e. The van der Waals surface area contributed by atoms with Gasteiger partial charge in [-0.15, -0.1) is 12.4 Å². The zero-order chi connectivity index (χ0) is 28.8. The van der Waals surface area contributed by atoms with Gasteiger partial charge in [0.25, 0.3) is 5.91 Å². The molecule has 5 rings (SSSR count). The minimum atomic E-state index is -3.60. The van der Waals surface area contributed by atoms with Crippen molar-refractivity contribution in [1.82, 2.24) is 14.2 Å². The number of hydrogen-bond donors (Lipinski definition) is 0. The minimum absolute atomic E-state index is 0. The van der Waals surface area contributed by atoms with E-state index < -0.39 is 10.0 Å². The fourth-order valence-electron chi connectivity index (χ4n) is 5.31. The molecule has 2 fully saturated rings. The first-order valence-electron chi connectivity index (χ1n) is 14.2. The molecular weight excluding hydrogens is 600 g/mol. The lowest BCUT2D eigenvalue weighted by Gasteiger charge is -2.27. The molecule has 0 atom stereocenters. The number of rotatable bonds is 10. The van der Waals surface area contributed by atoms with Gasteiger partial charge in [0.15, 0.2) is 5.13 Å². The van der Waals surface area contributed by atoms with Crippen molar-refractivity contribution in [2.24, 2.45) is 0 Å². The Bertz CT molecular complexity index is 1400. The van der Waals surface area contributed by atoms with Crippen molar-refractivity contribution in [1.29, 1.82) is 0 Å². The van der Waals surface area contributed by atoms with Gasteiger partial charge in [-0.05, 0) is 55.7 Å². The number of anilines is 1. The molecule has 0 aliphatic carbocycles. The summed E-state index contributed by atoms with van der Waals surface area (Å²) in [6, 6.07) is 9.94. The Hall–Kier alpha value is -2.48. The normalized spacial score (nSPS) is 16.9. The van der Waals surface area contributed by atoms with Gasteiger partial charge in [0, 0.05) is 44.8 Å². The zero-order valence-electron chi connectivity index (χ0n) is 24.1. The van der Waals surface area contributed by atoms with Crippen LogP contribution < -0.4 is 14.4 Å². The number of carbonyl (C=O) groups is 1. The lowest BCUT2D eigenvalue weighted by atomic mass is 10.2. The first-order valence-corrected chi connectivity index (χ1v) is 16.4. The minimum Gasteiger partial charge on any atom is -0.495 e. The van der Waals surface area contributed by atoms with Crippen LogP contribution in [0.4, 0.5) is 5.13 Å². The van der Waals surface area contributed by atoms with Crippen molar-refractivity contribution < 1.29 is 27.4 Å². The number of morpholine rings is 1. The topological polar surface area (TPSA) is 102 Å². The molecule has 0 N–H and O–H groups in total. The Morgan fingerprint density at radius 3 is 2.24 bits per heavy atom. The number of halogens is 1. The van der Waals surface area contributed by atoms with Gasteiger partial charge in [0.1, 0.15) is 21.7 Å². The van der Waals surface area contributed by atoms with E-state index in [0.29, 0.717) is 60.6 Å². The van der Waals surface area contributed by atoms with Crippen LogP contribution >= 0.6 is 23.7 Å². The van der Waals surface area contributed by atoms with Crippen LogP contribution in [0.3, 0.4) is 0 Å². The van der Waals surface area contributed by atoms with Crippen LogP contribution in [0.15, 0.2) is 41.3 Å². The van der Waals surface area contributed by atoms with E-state index in [9.17, 15) is 13.2 Å². The second-order valence-corrected chi connectivity index (χ2v) is 13.2. The van der Waals surface area contributed by atoms with E-state index in [-0.39, 0.29) is 23.2 Å². The highest BCUT2D eigenvalue weighted by Crippen LogP contribution is 2.40. The average Bonchev–Trinajstić information content (AvgIpc) is 3.25. The lowest BCUT2D eigenvalue weighted by molar-refractivity contribution is 0.0376. The molecule has 42 heavy (non-hydrogen) atoms. The van der Waals surface area contributed by atoms with Gasteiger partial charge in [0.2, 0.25) is 10.0 Å². The summed E-state index contributed by atoms with van der Waals surface area (Å²) in [5, 5.41) is 0.538. The van der Waals surface area contributed by atoms with E-state index in [1.54, 1.807) is 53.8 Å². The summed E-state index contributed by atoms with van der Waals surface area (Å²) in [5.74, 6) is 1.03. The van der Waals surface area contributed by atoms with Crippen molar-refractivity contribution in [3.8, 4) is 11.5 Å². The van der Waals surface area contributed by atoms with Crippen LogP contribution in [0.2, 0.25) is 0 Å². The third-order valence-corrected chi connectivity index (χ3v) is 10.6. The molecule has 10 nitrogen and oxygen atoms in total. The molecule has 2 saturated heterocycles. The molecule has 2 aliphatic rings. The Kier molecular flexibility index (Phi) is 11.4. The van der Waals surface area contributed by atoms with Crippen LogP contribution in [-0.2, 0) is 14.8 Å². The highest BCUT2D eigenvalue weighted by Gasteiger charge is 2.27. The molecule has 1 aromatic heterocycles. The van der Waals surface area contributed by atoms with Gasteiger partial charge < -0.3 is 14.2 Å². The van der Waals surface area contributed by atoms with Crippen LogP contribution in [-0.4, -0.2) is 95.2 Å². The molecule has 3 aromatic rings. The van der Waals surface area contributed by atoms with Gasteiger partial charge in [-0.3, -0.25) is 14.6 Å². The van der Waals surface area contributed by atoms with Gasteiger partial charge in [0.05, 0.1) is 32.3 Å². The van der Waals surface area contributed by atoms with Gasteiger partial charge in [-0.1, -0.05) is 24.2 Å². The number of nitrogens with zero attached hydrogens (tertiary/aromatic N) is 4. The number of ether oxygens (including phenoxy) is 3. The van der Waals surface area contributed by atoms with E-state index in [1.807, 2.05) is 6.07 Å². The highest BCUT2D eigenvalue weighted by molar-refractivity contribution is 7.89. The monoisotopic (exact) mass is 638 g/mol. The third kappa shape index (κ3) is 7.17. The van der Waals surface area contributed by atoms with Crippen LogP contribution in [0, 0.1) is 0 Å². The number of methoxy groups -OCH3 is 2. The zero-order valence-corrected chi connectivity index (χ0v) is 26.6. The summed E-state index contributed by atoms with van der Waals surface area (Å²) in [7, 11) is -0.411. The molecule has 0 unspecified atom stereocenters. The number of thiazole rings is 1. The number of fused-ring (bicyclic) bond motifs is 1. The number of benzene rings is 2.